The Morgan fingerprint density at radius 1 is 1.12 bits per heavy atom. The third-order valence-corrected chi connectivity index (χ3v) is 7.47. The molecule has 0 spiro atoms. The van der Waals surface area contributed by atoms with Crippen molar-refractivity contribution in [1.29, 1.82) is 0 Å². The number of hydrogen-bond donors (Lipinski definition) is 3. The molecular weight excluding hydrogens is 541 g/mol. The first-order valence-corrected chi connectivity index (χ1v) is 13.8. The largest absolute Gasteiger partial charge is 0.389 e. The second-order valence-corrected chi connectivity index (χ2v) is 10.4. The van der Waals surface area contributed by atoms with Gasteiger partial charge in [0.1, 0.15) is 18.3 Å². The number of anilines is 3. The quantitative estimate of drug-likeness (QED) is 0.312. The van der Waals surface area contributed by atoms with Crippen LogP contribution in [0.5, 0.6) is 0 Å². The molecule has 2 aliphatic rings. The van der Waals surface area contributed by atoms with Gasteiger partial charge < -0.3 is 25.4 Å². The van der Waals surface area contributed by atoms with Crippen molar-refractivity contribution in [2.75, 3.05) is 64.2 Å². The second kappa shape index (κ2) is 13.3. The van der Waals surface area contributed by atoms with Crippen molar-refractivity contribution in [2.45, 2.75) is 18.9 Å². The first-order chi connectivity index (χ1) is 20.4. The van der Waals surface area contributed by atoms with Gasteiger partial charge in [-0.3, -0.25) is 19.5 Å². The molecule has 1 aromatic carbocycles. The van der Waals surface area contributed by atoms with Crippen molar-refractivity contribution in [3.05, 3.63) is 77.1 Å². The standard InChI is InChI=1S/C30H34FN7O4/c1-37-10-12-38(13-11-37)27(18-42-2)29(41)35-26-5-3-4-22-23(26)8-9-24(22)28-25(31)16-33-30(36-28)34-20-7-6-19(32-15-20)14-21(40)17-39/h3-7,9,15-16,27,39H,8,10-14,17-18H2,1-2H3,(H,35,41)(H,33,34,36)/t27-/m1/s1. The number of nitrogens with one attached hydrogen (secondary N) is 2. The molecule has 3 N–H and O–H groups in total. The highest BCUT2D eigenvalue weighted by Gasteiger charge is 2.30. The molecule has 0 bridgehead atoms. The van der Waals surface area contributed by atoms with E-state index in [4.69, 9.17) is 9.84 Å². The number of amides is 1. The van der Waals surface area contributed by atoms with E-state index in [0.29, 0.717) is 29.1 Å². The summed E-state index contributed by atoms with van der Waals surface area (Å²) in [6.07, 6.45) is 5.07. The molecule has 2 aromatic heterocycles. The number of likely N-dealkylation sites (N-methyl/N-ethyl adjacent to an activating group) is 1. The SMILES string of the molecule is COC[C@H](C(=O)Nc1cccc2c1CC=C2c1nc(Nc2ccc(CC(=O)CO)nc2)ncc1F)N1CCN(C)CC1. The molecule has 1 aliphatic carbocycles. The zero-order valence-corrected chi connectivity index (χ0v) is 23.6. The lowest BCUT2D eigenvalue weighted by Crippen LogP contribution is -2.54. The van der Waals surface area contributed by atoms with Gasteiger partial charge in [0.15, 0.2) is 11.6 Å². The molecule has 3 heterocycles. The monoisotopic (exact) mass is 575 g/mol. The number of rotatable bonds is 11. The summed E-state index contributed by atoms with van der Waals surface area (Å²) in [7, 11) is 3.67. The number of fused-ring (bicyclic) bond motifs is 1. The Morgan fingerprint density at radius 3 is 2.64 bits per heavy atom. The van der Waals surface area contributed by atoms with E-state index in [2.05, 4.69) is 42.4 Å². The molecule has 1 saturated heterocycles. The van der Waals surface area contributed by atoms with E-state index in [9.17, 15) is 9.59 Å². The number of hydrogen-bond acceptors (Lipinski definition) is 10. The number of ketones is 1. The van der Waals surface area contributed by atoms with Crippen LogP contribution < -0.4 is 10.6 Å². The van der Waals surface area contributed by atoms with Crippen molar-refractivity contribution in [3.63, 3.8) is 0 Å². The highest BCUT2D eigenvalue weighted by molar-refractivity contribution is 5.97. The van der Waals surface area contributed by atoms with Crippen molar-refractivity contribution in [1.82, 2.24) is 24.8 Å². The summed E-state index contributed by atoms with van der Waals surface area (Å²) < 4.78 is 20.4. The molecule has 1 amide bonds. The molecule has 1 atom stereocenters. The van der Waals surface area contributed by atoms with Crippen molar-refractivity contribution in [3.8, 4) is 0 Å². The maximum atomic E-state index is 15.0. The Morgan fingerprint density at radius 2 is 1.93 bits per heavy atom. The molecule has 0 unspecified atom stereocenters. The number of benzene rings is 1. The van der Waals surface area contributed by atoms with E-state index in [-0.39, 0.29) is 36.4 Å². The lowest BCUT2D eigenvalue weighted by atomic mass is 10.0. The minimum absolute atomic E-state index is 0.0346. The fourth-order valence-electron chi connectivity index (χ4n) is 5.18. The highest BCUT2D eigenvalue weighted by atomic mass is 19.1. The summed E-state index contributed by atoms with van der Waals surface area (Å²) in [5, 5.41) is 15.0. The van der Waals surface area contributed by atoms with Gasteiger partial charge in [0.25, 0.3) is 0 Å². The lowest BCUT2D eigenvalue weighted by molar-refractivity contribution is -0.124. The molecule has 0 radical (unpaired) electrons. The van der Waals surface area contributed by atoms with Crippen LogP contribution in [-0.2, 0) is 27.2 Å². The third kappa shape index (κ3) is 6.68. The summed E-state index contributed by atoms with van der Waals surface area (Å²) >= 11 is 0. The summed E-state index contributed by atoms with van der Waals surface area (Å²) in [6, 6.07) is 8.53. The first kappa shape index (κ1) is 29.4. The number of Topliss-reactive ketones (excluding diaryl/α,β-unsaturated/α-hetero) is 1. The Hall–Kier alpha value is -4.10. The second-order valence-electron chi connectivity index (χ2n) is 10.4. The topological polar surface area (TPSA) is 133 Å². The number of aliphatic hydroxyl groups is 1. The van der Waals surface area contributed by atoms with Gasteiger partial charge in [-0.2, -0.15) is 0 Å². The number of piperazine rings is 1. The van der Waals surface area contributed by atoms with Crippen LogP contribution in [0.3, 0.4) is 0 Å². The van der Waals surface area contributed by atoms with Gasteiger partial charge >= 0.3 is 0 Å². The molecule has 12 heteroatoms. The maximum absolute atomic E-state index is 15.0. The van der Waals surface area contributed by atoms with Crippen LogP contribution >= 0.6 is 0 Å². The van der Waals surface area contributed by atoms with Gasteiger partial charge in [-0.25, -0.2) is 14.4 Å². The van der Waals surface area contributed by atoms with Gasteiger partial charge in [-0.05, 0) is 42.8 Å². The van der Waals surface area contributed by atoms with Crippen LogP contribution in [0.4, 0.5) is 21.7 Å². The van der Waals surface area contributed by atoms with Gasteiger partial charge in [0, 0.05) is 50.2 Å². The Labute approximate surface area is 243 Å². The average molecular weight is 576 g/mol. The number of aliphatic hydroxyl groups excluding tert-OH is 1. The molecule has 42 heavy (non-hydrogen) atoms. The fourth-order valence-corrected chi connectivity index (χ4v) is 5.18. The molecule has 5 rings (SSSR count). The summed E-state index contributed by atoms with van der Waals surface area (Å²) in [5.41, 5.74) is 4.20. The summed E-state index contributed by atoms with van der Waals surface area (Å²) in [4.78, 5) is 42.0. The van der Waals surface area contributed by atoms with Crippen LogP contribution in [-0.4, -0.2) is 101 Å². The number of ether oxygens (including phenoxy) is 1. The number of allylic oxidation sites excluding steroid dienone is 1. The van der Waals surface area contributed by atoms with Gasteiger partial charge in [-0.15, -0.1) is 0 Å². The van der Waals surface area contributed by atoms with Crippen molar-refractivity contribution < 1.29 is 23.8 Å². The number of methoxy groups -OCH3 is 1. The molecule has 1 fully saturated rings. The van der Waals surface area contributed by atoms with Gasteiger partial charge in [0.05, 0.1) is 31.1 Å². The summed E-state index contributed by atoms with van der Waals surface area (Å²) in [6.45, 7) is 3.08. The third-order valence-electron chi connectivity index (χ3n) is 7.47. The predicted octanol–water partition coefficient (Wildman–Crippen LogP) is 2.05. The van der Waals surface area contributed by atoms with E-state index in [1.807, 2.05) is 24.3 Å². The number of aromatic nitrogens is 3. The molecule has 220 valence electrons. The average Bonchev–Trinajstić information content (AvgIpc) is 3.43. The Balaban J connectivity index is 1.32. The Kier molecular flexibility index (Phi) is 9.28. The number of nitrogens with zero attached hydrogens (tertiary/aromatic N) is 5. The lowest BCUT2D eigenvalue weighted by Gasteiger charge is -2.36. The van der Waals surface area contributed by atoms with E-state index in [1.54, 1.807) is 19.2 Å². The molecule has 1 aliphatic heterocycles. The van der Waals surface area contributed by atoms with E-state index in [0.717, 1.165) is 43.5 Å². The van der Waals surface area contributed by atoms with Crippen molar-refractivity contribution >= 4 is 34.6 Å². The van der Waals surface area contributed by atoms with Crippen LogP contribution in [0.2, 0.25) is 0 Å². The number of pyridine rings is 1. The smallest absolute Gasteiger partial charge is 0.244 e. The number of halogens is 1. The minimum Gasteiger partial charge on any atom is -0.389 e. The number of carbonyl (C=O) groups is 2. The van der Waals surface area contributed by atoms with Crippen molar-refractivity contribution in [2.24, 2.45) is 0 Å². The van der Waals surface area contributed by atoms with E-state index in [1.165, 1.54) is 6.20 Å². The van der Waals surface area contributed by atoms with Crippen LogP contribution in [0.25, 0.3) is 5.57 Å². The Bertz CT molecular complexity index is 1470. The number of carbonyl (C=O) groups excluding carboxylic acids is 2. The van der Waals surface area contributed by atoms with Crippen LogP contribution in [0.15, 0.2) is 48.8 Å². The highest BCUT2D eigenvalue weighted by Crippen LogP contribution is 2.37. The fraction of sp³-hybridized carbons (Fsp3) is 0.367. The van der Waals surface area contributed by atoms with E-state index >= 15 is 4.39 Å². The predicted molar refractivity (Wildman–Crippen MR) is 156 cm³/mol. The van der Waals surface area contributed by atoms with Crippen LogP contribution in [0.1, 0.15) is 22.5 Å². The molecular formula is C30H34FN7O4. The van der Waals surface area contributed by atoms with Crippen LogP contribution in [0, 0.1) is 5.82 Å². The maximum Gasteiger partial charge on any atom is 0.244 e. The van der Waals surface area contributed by atoms with Gasteiger partial charge in [-0.1, -0.05) is 18.2 Å². The first-order valence-electron chi connectivity index (χ1n) is 13.8. The molecule has 0 saturated carbocycles. The zero-order valence-electron chi connectivity index (χ0n) is 23.6. The molecule has 3 aromatic rings. The normalized spacial score (nSPS) is 16.0. The van der Waals surface area contributed by atoms with E-state index < -0.39 is 18.5 Å². The van der Waals surface area contributed by atoms with Gasteiger partial charge in [0.2, 0.25) is 11.9 Å². The zero-order chi connectivity index (χ0) is 29.6. The molecule has 11 nitrogen and oxygen atoms in total. The minimum atomic E-state index is -0.569. The summed E-state index contributed by atoms with van der Waals surface area (Å²) in [5.74, 6) is -0.850.